The highest BCUT2D eigenvalue weighted by molar-refractivity contribution is 7.99. The summed E-state index contributed by atoms with van der Waals surface area (Å²) in [6, 6.07) is 11.9. The predicted molar refractivity (Wildman–Crippen MR) is 95.5 cm³/mol. The Bertz CT molecular complexity index is 750. The van der Waals surface area contributed by atoms with Gasteiger partial charge >= 0.3 is 0 Å². The first-order valence-electron chi connectivity index (χ1n) is 7.60. The third-order valence-electron chi connectivity index (χ3n) is 3.89. The number of imidazole rings is 1. The summed E-state index contributed by atoms with van der Waals surface area (Å²) in [4.78, 5) is 16.6. The molecule has 0 saturated heterocycles. The number of amides is 1. The van der Waals surface area contributed by atoms with Gasteiger partial charge in [-0.1, -0.05) is 55.9 Å². The first-order chi connectivity index (χ1) is 11.4. The van der Waals surface area contributed by atoms with Gasteiger partial charge in [-0.25, -0.2) is 9.66 Å². The minimum Gasteiger partial charge on any atom is -0.337 e. The summed E-state index contributed by atoms with van der Waals surface area (Å²) in [6.45, 7) is 5.52. The van der Waals surface area contributed by atoms with Gasteiger partial charge in [0.25, 0.3) is 0 Å². The van der Waals surface area contributed by atoms with E-state index in [4.69, 9.17) is 5.84 Å². The molecule has 0 bridgehead atoms. The third-order valence-corrected chi connectivity index (χ3v) is 4.85. The fraction of sp³-hybridized carbons (Fsp3) is 0.353. The number of nitrogen functional groups attached to an aromatic ring is 1. The number of carbonyl (C=O) groups excluding carboxylic acids is 1. The maximum Gasteiger partial charge on any atom is 0.231 e. The van der Waals surface area contributed by atoms with Gasteiger partial charge in [-0.2, -0.15) is 5.26 Å². The van der Waals surface area contributed by atoms with Crippen molar-refractivity contribution in [2.24, 2.45) is 5.92 Å². The molecule has 1 heterocycles. The lowest BCUT2D eigenvalue weighted by atomic mass is 9.90. The fourth-order valence-electron chi connectivity index (χ4n) is 1.99. The van der Waals surface area contributed by atoms with Crippen LogP contribution in [0.3, 0.4) is 0 Å². The van der Waals surface area contributed by atoms with Crippen molar-refractivity contribution in [1.82, 2.24) is 15.0 Å². The maximum atomic E-state index is 12.1. The van der Waals surface area contributed by atoms with Crippen LogP contribution in [0.4, 0.5) is 0 Å². The standard InChI is InChI=1S/C17H21N5OS/c1-12(2)17(3,11-18)21-15(23)10-24-16-20-14(9-22(16)19)13-7-5-4-6-8-13/h4-9,12H,10,19H2,1-3H3,(H,21,23). The molecule has 2 rings (SSSR count). The molecular weight excluding hydrogens is 322 g/mol. The van der Waals surface area contributed by atoms with E-state index in [2.05, 4.69) is 16.4 Å². The lowest BCUT2D eigenvalue weighted by Gasteiger charge is -2.27. The molecular formula is C17H21N5OS. The van der Waals surface area contributed by atoms with E-state index in [9.17, 15) is 10.1 Å². The zero-order valence-electron chi connectivity index (χ0n) is 14.0. The topological polar surface area (TPSA) is 96.7 Å². The number of carbonyl (C=O) groups is 1. The number of nitriles is 1. The Labute approximate surface area is 146 Å². The molecule has 7 heteroatoms. The zero-order chi connectivity index (χ0) is 17.7. The highest BCUT2D eigenvalue weighted by Gasteiger charge is 2.29. The number of thioether (sulfide) groups is 1. The van der Waals surface area contributed by atoms with Gasteiger partial charge in [0.05, 0.1) is 23.7 Å². The molecule has 0 aliphatic rings. The van der Waals surface area contributed by atoms with Gasteiger partial charge in [-0.15, -0.1) is 0 Å². The van der Waals surface area contributed by atoms with Gasteiger partial charge in [-0.3, -0.25) is 4.79 Å². The molecule has 1 aromatic heterocycles. The number of hydrogen-bond donors (Lipinski definition) is 2. The van der Waals surface area contributed by atoms with E-state index in [0.717, 1.165) is 11.3 Å². The molecule has 1 aromatic carbocycles. The van der Waals surface area contributed by atoms with Crippen molar-refractivity contribution in [1.29, 1.82) is 5.26 Å². The molecule has 6 nitrogen and oxygen atoms in total. The van der Waals surface area contributed by atoms with E-state index in [1.807, 2.05) is 44.2 Å². The van der Waals surface area contributed by atoms with E-state index in [1.165, 1.54) is 16.4 Å². The average Bonchev–Trinajstić information content (AvgIpc) is 2.94. The lowest BCUT2D eigenvalue weighted by molar-refractivity contribution is -0.120. The Morgan fingerprint density at radius 3 is 2.71 bits per heavy atom. The van der Waals surface area contributed by atoms with Crippen LogP contribution in [0, 0.1) is 17.2 Å². The second-order valence-corrected chi connectivity index (χ2v) is 6.93. The highest BCUT2D eigenvalue weighted by atomic mass is 32.2. The van der Waals surface area contributed by atoms with Crippen molar-refractivity contribution in [3.8, 4) is 17.3 Å². The van der Waals surface area contributed by atoms with Crippen molar-refractivity contribution < 1.29 is 4.79 Å². The molecule has 0 spiro atoms. The molecule has 1 atom stereocenters. The van der Waals surface area contributed by atoms with Crippen LogP contribution in [0.5, 0.6) is 0 Å². The molecule has 0 saturated carbocycles. The van der Waals surface area contributed by atoms with Gasteiger partial charge in [0.15, 0.2) is 5.16 Å². The quantitative estimate of drug-likeness (QED) is 0.620. The smallest absolute Gasteiger partial charge is 0.231 e. The second kappa shape index (κ2) is 7.41. The lowest BCUT2D eigenvalue weighted by Crippen LogP contribution is -2.49. The van der Waals surface area contributed by atoms with Crippen molar-refractivity contribution in [3.05, 3.63) is 36.5 Å². The maximum absolute atomic E-state index is 12.1. The summed E-state index contributed by atoms with van der Waals surface area (Å²) in [6.07, 6.45) is 1.73. The number of rotatable bonds is 6. The predicted octanol–water partition coefficient (Wildman–Crippen LogP) is 2.41. The Hall–Kier alpha value is -2.46. The van der Waals surface area contributed by atoms with E-state index < -0.39 is 5.54 Å². The molecule has 24 heavy (non-hydrogen) atoms. The van der Waals surface area contributed by atoms with Crippen molar-refractivity contribution in [2.75, 3.05) is 11.6 Å². The number of hydrogen-bond acceptors (Lipinski definition) is 5. The highest BCUT2D eigenvalue weighted by Crippen LogP contribution is 2.23. The summed E-state index contributed by atoms with van der Waals surface area (Å²) >= 11 is 1.24. The molecule has 0 aliphatic carbocycles. The average molecular weight is 343 g/mol. The Morgan fingerprint density at radius 1 is 1.46 bits per heavy atom. The third kappa shape index (κ3) is 4.09. The molecule has 0 aliphatic heterocycles. The Kier molecular flexibility index (Phi) is 5.52. The van der Waals surface area contributed by atoms with Crippen LogP contribution >= 0.6 is 11.8 Å². The minimum atomic E-state index is -0.884. The van der Waals surface area contributed by atoms with Gasteiger partial charge in [0.2, 0.25) is 5.91 Å². The first kappa shape index (κ1) is 17.9. The zero-order valence-corrected chi connectivity index (χ0v) is 14.8. The van der Waals surface area contributed by atoms with E-state index in [0.29, 0.717) is 5.16 Å². The van der Waals surface area contributed by atoms with Gasteiger partial charge in [0, 0.05) is 5.56 Å². The number of benzene rings is 1. The van der Waals surface area contributed by atoms with Crippen LogP contribution in [0.15, 0.2) is 41.7 Å². The van der Waals surface area contributed by atoms with Crippen LogP contribution < -0.4 is 11.2 Å². The summed E-state index contributed by atoms with van der Waals surface area (Å²) in [5.74, 6) is 5.85. The van der Waals surface area contributed by atoms with Crippen molar-refractivity contribution in [3.63, 3.8) is 0 Å². The van der Waals surface area contributed by atoms with E-state index in [1.54, 1.807) is 13.1 Å². The normalized spacial score (nSPS) is 13.3. The number of nitrogens with zero attached hydrogens (tertiary/aromatic N) is 3. The van der Waals surface area contributed by atoms with Crippen molar-refractivity contribution in [2.45, 2.75) is 31.5 Å². The van der Waals surface area contributed by atoms with Crippen molar-refractivity contribution >= 4 is 17.7 Å². The van der Waals surface area contributed by atoms with Crippen LogP contribution in [-0.4, -0.2) is 26.9 Å². The van der Waals surface area contributed by atoms with Gasteiger partial charge in [0.1, 0.15) is 5.54 Å². The molecule has 126 valence electrons. The minimum absolute atomic E-state index is 0.0117. The Balaban J connectivity index is 2.01. The number of aromatic nitrogens is 2. The van der Waals surface area contributed by atoms with Gasteiger partial charge < -0.3 is 11.2 Å². The largest absolute Gasteiger partial charge is 0.337 e. The molecule has 0 fully saturated rings. The summed E-state index contributed by atoms with van der Waals surface area (Å²) in [5.41, 5.74) is 0.834. The molecule has 2 aromatic rings. The summed E-state index contributed by atoms with van der Waals surface area (Å²) in [7, 11) is 0. The number of nitrogens with one attached hydrogen (secondary N) is 1. The number of nitrogens with two attached hydrogens (primary N) is 1. The monoisotopic (exact) mass is 343 g/mol. The Morgan fingerprint density at radius 2 is 2.12 bits per heavy atom. The van der Waals surface area contributed by atoms with Crippen LogP contribution in [0.1, 0.15) is 20.8 Å². The second-order valence-electron chi connectivity index (χ2n) is 5.99. The molecule has 1 unspecified atom stereocenters. The molecule has 0 radical (unpaired) electrons. The van der Waals surface area contributed by atoms with Crippen LogP contribution in [-0.2, 0) is 4.79 Å². The summed E-state index contributed by atoms with van der Waals surface area (Å²) < 4.78 is 1.41. The SMILES string of the molecule is CC(C)C(C)(C#N)NC(=O)CSc1nc(-c2ccccc2)cn1N. The van der Waals surface area contributed by atoms with Crippen LogP contribution in [0.2, 0.25) is 0 Å². The molecule has 3 N–H and O–H groups in total. The van der Waals surface area contributed by atoms with Crippen LogP contribution in [0.25, 0.3) is 11.3 Å². The first-order valence-corrected chi connectivity index (χ1v) is 8.59. The molecule has 1 amide bonds. The van der Waals surface area contributed by atoms with E-state index in [-0.39, 0.29) is 17.6 Å². The van der Waals surface area contributed by atoms with Gasteiger partial charge in [-0.05, 0) is 12.8 Å². The van der Waals surface area contributed by atoms with E-state index >= 15 is 0 Å². The fourth-order valence-corrected chi connectivity index (χ4v) is 2.69. The summed E-state index contributed by atoms with van der Waals surface area (Å²) in [5, 5.41) is 12.6.